The Bertz CT molecular complexity index is 960. The Hall–Kier alpha value is -2.26. The van der Waals surface area contributed by atoms with Crippen molar-refractivity contribution in [1.82, 2.24) is 29.0 Å². The number of aromatic amines is 1. The molecule has 4 rings (SSSR count). The third-order valence-corrected chi connectivity index (χ3v) is 5.95. The van der Waals surface area contributed by atoms with Gasteiger partial charge in [-0.1, -0.05) is 0 Å². The van der Waals surface area contributed by atoms with Gasteiger partial charge in [0.2, 0.25) is 0 Å². The second-order valence-electron chi connectivity index (χ2n) is 5.74. The lowest BCUT2D eigenvalue weighted by Gasteiger charge is -2.14. The summed E-state index contributed by atoms with van der Waals surface area (Å²) in [6.07, 6.45) is 5.46. The molecule has 1 aliphatic heterocycles. The van der Waals surface area contributed by atoms with E-state index in [0.29, 0.717) is 18.7 Å². The lowest BCUT2D eigenvalue weighted by molar-refractivity contribution is 0.469. The van der Waals surface area contributed by atoms with Gasteiger partial charge < -0.3 is 4.57 Å². The number of hydrogen-bond donors (Lipinski definition) is 1. The summed E-state index contributed by atoms with van der Waals surface area (Å²) in [5, 5.41) is 8.26. The van der Waals surface area contributed by atoms with Crippen LogP contribution in [0, 0.1) is 0 Å². The molecule has 0 aliphatic carbocycles. The second kappa shape index (κ2) is 5.14. The van der Waals surface area contributed by atoms with Gasteiger partial charge >= 0.3 is 0 Å². The number of hydrogen-bond acceptors (Lipinski definition) is 5. The maximum atomic E-state index is 12.6. The fourth-order valence-corrected chi connectivity index (χ4v) is 4.48. The Morgan fingerprint density at radius 1 is 1.35 bits per heavy atom. The molecule has 1 atom stereocenters. The normalized spacial score (nSPS) is 19.6. The maximum absolute atomic E-state index is 12.6. The fourth-order valence-electron chi connectivity index (χ4n) is 3.02. The van der Waals surface area contributed by atoms with E-state index in [9.17, 15) is 8.42 Å². The molecule has 0 unspecified atom stereocenters. The molecule has 0 bridgehead atoms. The zero-order valence-corrected chi connectivity index (χ0v) is 13.4. The molecule has 0 radical (unpaired) electrons. The summed E-state index contributed by atoms with van der Waals surface area (Å²) in [4.78, 5) is 8.18. The van der Waals surface area contributed by atoms with Gasteiger partial charge in [-0.25, -0.2) is 18.4 Å². The molecule has 0 spiro atoms. The maximum Gasteiger partial charge on any atom is 0.262 e. The fraction of sp³-hybridized carbons (Fsp3) is 0.357. The van der Waals surface area contributed by atoms with E-state index >= 15 is 0 Å². The molecule has 8 nitrogen and oxygen atoms in total. The van der Waals surface area contributed by atoms with Crippen molar-refractivity contribution in [2.45, 2.75) is 17.4 Å². The Morgan fingerprint density at radius 3 is 3.00 bits per heavy atom. The van der Waals surface area contributed by atoms with Gasteiger partial charge in [-0.3, -0.25) is 5.10 Å². The zero-order chi connectivity index (χ0) is 16.0. The lowest BCUT2D eigenvalue weighted by atomic mass is 10.0. The van der Waals surface area contributed by atoms with Crippen LogP contribution in [0.3, 0.4) is 0 Å². The van der Waals surface area contributed by atoms with Crippen LogP contribution >= 0.6 is 0 Å². The van der Waals surface area contributed by atoms with Gasteiger partial charge in [0.15, 0.2) is 10.7 Å². The largest absolute Gasteiger partial charge is 0.339 e. The number of aryl methyl sites for hydroxylation is 1. The number of rotatable bonds is 3. The van der Waals surface area contributed by atoms with E-state index < -0.39 is 10.0 Å². The van der Waals surface area contributed by atoms with Crippen LogP contribution in [0.2, 0.25) is 0 Å². The van der Waals surface area contributed by atoms with Gasteiger partial charge in [-0.2, -0.15) is 9.40 Å². The van der Waals surface area contributed by atoms with E-state index in [0.717, 1.165) is 17.5 Å². The van der Waals surface area contributed by atoms with E-state index in [1.807, 2.05) is 12.1 Å². The van der Waals surface area contributed by atoms with Gasteiger partial charge in [-0.15, -0.1) is 0 Å². The summed E-state index contributed by atoms with van der Waals surface area (Å²) in [6.45, 7) is 0.898. The van der Waals surface area contributed by atoms with Crippen molar-refractivity contribution in [2.75, 3.05) is 13.1 Å². The number of sulfonamides is 1. The van der Waals surface area contributed by atoms with Crippen molar-refractivity contribution in [3.8, 4) is 0 Å². The predicted molar refractivity (Wildman–Crippen MR) is 83.2 cm³/mol. The van der Waals surface area contributed by atoms with Crippen LogP contribution in [-0.2, 0) is 17.1 Å². The summed E-state index contributed by atoms with van der Waals surface area (Å²) < 4.78 is 28.4. The van der Waals surface area contributed by atoms with Crippen LogP contribution < -0.4 is 0 Å². The van der Waals surface area contributed by atoms with Crippen LogP contribution in [0.25, 0.3) is 11.0 Å². The van der Waals surface area contributed by atoms with E-state index in [4.69, 9.17) is 0 Å². The first-order valence-electron chi connectivity index (χ1n) is 7.33. The number of imidazole rings is 1. The lowest BCUT2D eigenvalue weighted by Crippen LogP contribution is -2.29. The minimum Gasteiger partial charge on any atom is -0.339 e. The van der Waals surface area contributed by atoms with Gasteiger partial charge in [-0.05, 0) is 18.6 Å². The second-order valence-corrected chi connectivity index (χ2v) is 7.62. The molecule has 1 fully saturated rings. The molecule has 9 heteroatoms. The monoisotopic (exact) mass is 332 g/mol. The molecular formula is C14H16N6O2S. The van der Waals surface area contributed by atoms with Crippen LogP contribution in [0.15, 0.2) is 35.9 Å². The molecule has 3 aromatic heterocycles. The molecule has 23 heavy (non-hydrogen) atoms. The third-order valence-electron chi connectivity index (χ3n) is 4.20. The van der Waals surface area contributed by atoms with Crippen LogP contribution in [0.1, 0.15) is 18.0 Å². The standard InChI is InChI=1S/C14H16N6O2S/c1-19-8-12(16-9-19)23(21,22)20-6-4-10(7-20)13-11-3-2-5-15-14(11)18-17-13/h2-3,5,8-10H,4,6-7H2,1H3,(H,15,17,18)/t10-/m0/s1. The molecule has 0 aromatic carbocycles. The summed E-state index contributed by atoms with van der Waals surface area (Å²) in [5.41, 5.74) is 1.61. The minimum atomic E-state index is -3.54. The highest BCUT2D eigenvalue weighted by molar-refractivity contribution is 7.89. The molecule has 1 saturated heterocycles. The van der Waals surface area contributed by atoms with Gasteiger partial charge in [0.1, 0.15) is 0 Å². The Balaban J connectivity index is 1.62. The molecule has 1 aliphatic rings. The molecule has 120 valence electrons. The number of nitrogens with one attached hydrogen (secondary N) is 1. The number of fused-ring (bicyclic) bond motifs is 1. The van der Waals surface area contributed by atoms with Crippen molar-refractivity contribution in [1.29, 1.82) is 0 Å². The van der Waals surface area contributed by atoms with Crippen molar-refractivity contribution in [3.63, 3.8) is 0 Å². The molecule has 1 N–H and O–H groups in total. The minimum absolute atomic E-state index is 0.0858. The van der Waals surface area contributed by atoms with E-state index in [1.54, 1.807) is 17.8 Å². The van der Waals surface area contributed by atoms with Gasteiger partial charge in [0.25, 0.3) is 10.0 Å². The Kier molecular flexibility index (Phi) is 3.20. The third kappa shape index (κ3) is 2.32. The van der Waals surface area contributed by atoms with E-state index in [2.05, 4.69) is 20.2 Å². The molecule has 4 heterocycles. The topological polar surface area (TPSA) is 96.8 Å². The number of H-pyrrole nitrogens is 1. The molecular weight excluding hydrogens is 316 g/mol. The van der Waals surface area contributed by atoms with Gasteiger partial charge in [0, 0.05) is 49.5 Å². The average Bonchev–Trinajstić information content (AvgIpc) is 3.25. The van der Waals surface area contributed by atoms with Crippen molar-refractivity contribution < 1.29 is 8.42 Å². The summed E-state index contributed by atoms with van der Waals surface area (Å²) >= 11 is 0. The van der Waals surface area contributed by atoms with Crippen molar-refractivity contribution >= 4 is 21.1 Å². The quantitative estimate of drug-likeness (QED) is 0.767. The summed E-state index contributed by atoms with van der Waals surface area (Å²) in [5.74, 6) is 0.0858. The molecule has 0 saturated carbocycles. The number of nitrogens with zero attached hydrogens (tertiary/aromatic N) is 5. The highest BCUT2D eigenvalue weighted by atomic mass is 32.2. The number of pyridine rings is 1. The van der Waals surface area contributed by atoms with Gasteiger partial charge in [0.05, 0.1) is 6.33 Å². The van der Waals surface area contributed by atoms with Crippen LogP contribution in [-0.4, -0.2) is 50.5 Å². The number of aromatic nitrogens is 5. The highest BCUT2D eigenvalue weighted by Crippen LogP contribution is 2.32. The average molecular weight is 332 g/mol. The van der Waals surface area contributed by atoms with Crippen molar-refractivity contribution in [2.24, 2.45) is 7.05 Å². The van der Waals surface area contributed by atoms with Crippen LogP contribution in [0.5, 0.6) is 0 Å². The van der Waals surface area contributed by atoms with Crippen molar-refractivity contribution in [3.05, 3.63) is 36.5 Å². The first-order valence-corrected chi connectivity index (χ1v) is 8.77. The Morgan fingerprint density at radius 2 is 2.22 bits per heavy atom. The van der Waals surface area contributed by atoms with Crippen LogP contribution in [0.4, 0.5) is 0 Å². The Labute approximate surface area is 133 Å². The highest BCUT2D eigenvalue weighted by Gasteiger charge is 2.35. The first kappa shape index (κ1) is 14.3. The smallest absolute Gasteiger partial charge is 0.262 e. The SMILES string of the molecule is Cn1cnc(S(=O)(=O)N2CC[C@H](c3[nH]nc4ncccc34)C2)c1. The first-order chi connectivity index (χ1) is 11.1. The predicted octanol–water partition coefficient (Wildman–Crippen LogP) is 0.870. The molecule has 3 aromatic rings. The molecule has 0 amide bonds. The summed E-state index contributed by atoms with van der Waals surface area (Å²) in [7, 11) is -1.79. The van der Waals surface area contributed by atoms with E-state index in [1.165, 1.54) is 16.8 Å². The van der Waals surface area contributed by atoms with E-state index in [-0.39, 0.29) is 10.9 Å². The summed E-state index contributed by atoms with van der Waals surface area (Å²) in [6, 6.07) is 3.82. The zero-order valence-electron chi connectivity index (χ0n) is 12.5.